The zero-order valence-corrected chi connectivity index (χ0v) is 23.9. The normalized spacial score (nSPS) is 11.6. The van der Waals surface area contributed by atoms with Crippen LogP contribution in [0.25, 0.3) is 88.8 Å². The van der Waals surface area contributed by atoms with Crippen molar-refractivity contribution in [1.82, 2.24) is 24.9 Å². The van der Waals surface area contributed by atoms with E-state index in [4.69, 9.17) is 19.4 Å². The Morgan fingerprint density at radius 1 is 0.467 bits per heavy atom. The van der Waals surface area contributed by atoms with Gasteiger partial charge in [-0.1, -0.05) is 84.9 Å². The molecule has 45 heavy (non-hydrogen) atoms. The second-order valence-electron chi connectivity index (χ2n) is 10.9. The average Bonchev–Trinajstić information content (AvgIpc) is 3.51. The molecule has 0 aliphatic carbocycles. The number of para-hydroxylation sites is 1. The first-order chi connectivity index (χ1) is 22.3. The second kappa shape index (κ2) is 10.2. The Balaban J connectivity index is 1.19. The first kappa shape index (κ1) is 25.2. The minimum atomic E-state index is 0.648. The highest BCUT2D eigenvalue weighted by molar-refractivity contribution is 6.24. The lowest BCUT2D eigenvalue weighted by Gasteiger charge is -2.12. The Hall–Kier alpha value is -6.27. The molecule has 0 N–H and O–H groups in total. The maximum absolute atomic E-state index is 6.45. The third kappa shape index (κ3) is 4.15. The molecule has 0 atom stereocenters. The lowest BCUT2D eigenvalue weighted by atomic mass is 9.98. The molecule has 0 spiro atoms. The van der Waals surface area contributed by atoms with E-state index in [0.717, 1.165) is 77.3 Å². The van der Waals surface area contributed by atoms with Crippen molar-refractivity contribution in [3.8, 4) is 45.0 Å². The standard InChI is InChI=1S/C39H23N5O/c1-2-8-24(9-3-1)36-32(27-10-6-20-40-22-27)23-42-38(43-36)26-16-14-25(15-17-26)35-30-19-18-29-28-11-4-5-13-33(28)45-37(29)34(30)31-12-7-21-41-39(31)44-35/h1-23H. The molecule has 0 bridgehead atoms. The topological polar surface area (TPSA) is 77.6 Å². The summed E-state index contributed by atoms with van der Waals surface area (Å²) in [6.07, 6.45) is 7.28. The molecule has 6 nitrogen and oxygen atoms in total. The molecule has 0 unspecified atom stereocenters. The van der Waals surface area contributed by atoms with Crippen LogP contribution >= 0.6 is 0 Å². The van der Waals surface area contributed by atoms with Crippen LogP contribution in [0.3, 0.4) is 0 Å². The summed E-state index contributed by atoms with van der Waals surface area (Å²) in [7, 11) is 0. The molecule has 5 heterocycles. The molecule has 0 aliphatic heterocycles. The fourth-order valence-electron chi connectivity index (χ4n) is 6.17. The lowest BCUT2D eigenvalue weighted by molar-refractivity contribution is 0.673. The van der Waals surface area contributed by atoms with Crippen LogP contribution in [0.15, 0.2) is 144 Å². The molecule has 0 saturated heterocycles. The average molecular weight is 578 g/mol. The first-order valence-corrected chi connectivity index (χ1v) is 14.7. The van der Waals surface area contributed by atoms with Crippen LogP contribution in [0.4, 0.5) is 0 Å². The Morgan fingerprint density at radius 2 is 1.20 bits per heavy atom. The molecular weight excluding hydrogens is 554 g/mol. The van der Waals surface area contributed by atoms with Crippen LogP contribution in [0.2, 0.25) is 0 Å². The number of aromatic nitrogens is 5. The number of benzene rings is 4. The number of furan rings is 1. The quantitative estimate of drug-likeness (QED) is 0.194. The number of nitrogens with zero attached hydrogens (tertiary/aromatic N) is 5. The molecule has 0 fully saturated rings. The van der Waals surface area contributed by atoms with E-state index in [1.165, 1.54) is 0 Å². The van der Waals surface area contributed by atoms with Gasteiger partial charge < -0.3 is 4.42 Å². The van der Waals surface area contributed by atoms with Crippen molar-refractivity contribution in [2.45, 2.75) is 0 Å². The van der Waals surface area contributed by atoms with Crippen molar-refractivity contribution in [3.05, 3.63) is 140 Å². The molecule has 6 heteroatoms. The molecule has 9 aromatic rings. The van der Waals surface area contributed by atoms with Gasteiger partial charge in [-0.2, -0.15) is 0 Å². The predicted octanol–water partition coefficient (Wildman–Crippen LogP) is 9.54. The summed E-state index contributed by atoms with van der Waals surface area (Å²) in [5.74, 6) is 0.648. The van der Waals surface area contributed by atoms with Gasteiger partial charge in [-0.3, -0.25) is 4.98 Å². The van der Waals surface area contributed by atoms with Crippen molar-refractivity contribution in [2.24, 2.45) is 0 Å². The summed E-state index contributed by atoms with van der Waals surface area (Å²) in [4.78, 5) is 23.8. The van der Waals surface area contributed by atoms with Crippen LogP contribution < -0.4 is 0 Å². The van der Waals surface area contributed by atoms with Crippen LogP contribution in [-0.4, -0.2) is 24.9 Å². The third-order valence-electron chi connectivity index (χ3n) is 8.30. The highest BCUT2D eigenvalue weighted by Gasteiger charge is 2.18. The molecule has 0 saturated carbocycles. The summed E-state index contributed by atoms with van der Waals surface area (Å²) in [6, 6.07) is 38.9. The molecule has 210 valence electrons. The zero-order chi connectivity index (χ0) is 29.7. The molecule has 9 rings (SSSR count). The largest absolute Gasteiger partial charge is 0.455 e. The van der Waals surface area contributed by atoms with E-state index in [1.807, 2.05) is 67.0 Å². The fourth-order valence-corrected chi connectivity index (χ4v) is 6.17. The van der Waals surface area contributed by atoms with E-state index in [1.54, 1.807) is 12.4 Å². The summed E-state index contributed by atoms with van der Waals surface area (Å²) in [6.45, 7) is 0. The fraction of sp³-hybridized carbons (Fsp3) is 0. The lowest BCUT2D eigenvalue weighted by Crippen LogP contribution is -1.96. The first-order valence-electron chi connectivity index (χ1n) is 14.7. The number of hydrogen-bond acceptors (Lipinski definition) is 6. The van der Waals surface area contributed by atoms with Gasteiger partial charge in [0, 0.05) is 79.5 Å². The second-order valence-corrected chi connectivity index (χ2v) is 10.9. The number of hydrogen-bond donors (Lipinski definition) is 0. The number of fused-ring (bicyclic) bond motifs is 7. The SMILES string of the molecule is c1ccc(-c2nc(-c3ccc(-c4nc5ncccc5c5c4ccc4c6ccccc6oc45)cc3)ncc2-c2cccnc2)cc1. The minimum absolute atomic E-state index is 0.648. The van der Waals surface area contributed by atoms with E-state index in [0.29, 0.717) is 11.5 Å². The molecule has 5 aromatic heterocycles. The Kier molecular flexibility index (Phi) is 5.71. The Bertz CT molecular complexity index is 2530. The maximum atomic E-state index is 6.45. The van der Waals surface area contributed by atoms with Crippen molar-refractivity contribution < 1.29 is 4.42 Å². The molecule has 4 aromatic carbocycles. The van der Waals surface area contributed by atoms with Crippen LogP contribution in [0.5, 0.6) is 0 Å². The highest BCUT2D eigenvalue weighted by Crippen LogP contribution is 2.40. The third-order valence-corrected chi connectivity index (χ3v) is 8.30. The van der Waals surface area contributed by atoms with E-state index in [9.17, 15) is 0 Å². The van der Waals surface area contributed by atoms with Crippen LogP contribution in [0.1, 0.15) is 0 Å². The van der Waals surface area contributed by atoms with Crippen molar-refractivity contribution in [2.75, 3.05) is 0 Å². The minimum Gasteiger partial charge on any atom is -0.455 e. The molecular formula is C39H23N5O. The van der Waals surface area contributed by atoms with E-state index in [-0.39, 0.29) is 0 Å². The number of rotatable bonds is 4. The summed E-state index contributed by atoms with van der Waals surface area (Å²) in [5, 5.41) is 5.17. The van der Waals surface area contributed by atoms with Gasteiger partial charge in [0.1, 0.15) is 11.2 Å². The van der Waals surface area contributed by atoms with Gasteiger partial charge in [0.05, 0.1) is 11.4 Å². The van der Waals surface area contributed by atoms with Crippen molar-refractivity contribution in [3.63, 3.8) is 0 Å². The van der Waals surface area contributed by atoms with Gasteiger partial charge in [0.25, 0.3) is 0 Å². The predicted molar refractivity (Wildman–Crippen MR) is 179 cm³/mol. The Labute approximate surface area is 257 Å². The summed E-state index contributed by atoms with van der Waals surface area (Å²) >= 11 is 0. The monoisotopic (exact) mass is 577 g/mol. The smallest absolute Gasteiger partial charge is 0.160 e. The van der Waals surface area contributed by atoms with E-state index >= 15 is 0 Å². The van der Waals surface area contributed by atoms with E-state index in [2.05, 4.69) is 70.6 Å². The van der Waals surface area contributed by atoms with Crippen molar-refractivity contribution in [1.29, 1.82) is 0 Å². The molecule has 0 amide bonds. The highest BCUT2D eigenvalue weighted by atomic mass is 16.3. The van der Waals surface area contributed by atoms with Gasteiger partial charge in [0.2, 0.25) is 0 Å². The van der Waals surface area contributed by atoms with Gasteiger partial charge >= 0.3 is 0 Å². The molecule has 0 radical (unpaired) electrons. The van der Waals surface area contributed by atoms with Crippen molar-refractivity contribution >= 4 is 43.7 Å². The van der Waals surface area contributed by atoms with Gasteiger partial charge in [-0.15, -0.1) is 0 Å². The number of pyridine rings is 3. The molecule has 0 aliphatic rings. The zero-order valence-electron chi connectivity index (χ0n) is 23.9. The maximum Gasteiger partial charge on any atom is 0.160 e. The summed E-state index contributed by atoms with van der Waals surface area (Å²) in [5.41, 5.74) is 8.92. The van der Waals surface area contributed by atoms with Gasteiger partial charge in [-0.25, -0.2) is 19.9 Å². The van der Waals surface area contributed by atoms with Gasteiger partial charge in [0.15, 0.2) is 11.5 Å². The van der Waals surface area contributed by atoms with E-state index < -0.39 is 0 Å². The Morgan fingerprint density at radius 3 is 2.07 bits per heavy atom. The van der Waals surface area contributed by atoms with Crippen LogP contribution in [0, 0.1) is 0 Å². The van der Waals surface area contributed by atoms with Gasteiger partial charge in [-0.05, 0) is 30.3 Å². The van der Waals surface area contributed by atoms with Crippen LogP contribution in [-0.2, 0) is 0 Å². The summed E-state index contributed by atoms with van der Waals surface area (Å²) < 4.78 is 6.45.